The average molecular weight is 428 g/mol. The Kier molecular flexibility index (Phi) is 8.05. The number of hydrogen-bond acceptors (Lipinski definition) is 8. The third-order valence-electron chi connectivity index (χ3n) is 5.05. The van der Waals surface area contributed by atoms with Crippen molar-refractivity contribution < 1.29 is 19.0 Å². The molecule has 0 unspecified atom stereocenters. The molecule has 0 saturated carbocycles. The zero-order chi connectivity index (χ0) is 22.1. The smallest absolute Gasteiger partial charge is 0.244 e. The van der Waals surface area contributed by atoms with Crippen molar-refractivity contribution in [3.8, 4) is 17.2 Å². The highest BCUT2D eigenvalue weighted by Gasteiger charge is 2.18. The zero-order valence-corrected chi connectivity index (χ0v) is 18.2. The lowest BCUT2D eigenvalue weighted by Crippen LogP contribution is -2.48. The quantitative estimate of drug-likeness (QED) is 0.602. The minimum absolute atomic E-state index is 0.148. The molecule has 0 aliphatic carbocycles. The highest BCUT2D eigenvalue weighted by atomic mass is 16.5. The molecule has 166 valence electrons. The average Bonchev–Trinajstić information content (AvgIpc) is 2.83. The van der Waals surface area contributed by atoms with Crippen LogP contribution in [0.3, 0.4) is 0 Å². The Morgan fingerprint density at radius 2 is 1.68 bits per heavy atom. The van der Waals surface area contributed by atoms with Gasteiger partial charge in [-0.1, -0.05) is 0 Å². The Labute approximate surface area is 182 Å². The number of aromatic nitrogens is 2. The summed E-state index contributed by atoms with van der Waals surface area (Å²) in [6, 6.07) is 5.40. The van der Waals surface area contributed by atoms with Gasteiger partial charge in [0.2, 0.25) is 17.6 Å². The van der Waals surface area contributed by atoms with Gasteiger partial charge in [-0.3, -0.25) is 9.69 Å². The number of ether oxygens (including phenoxy) is 3. The van der Waals surface area contributed by atoms with Gasteiger partial charge < -0.3 is 24.4 Å². The molecule has 2 aromatic rings. The summed E-state index contributed by atoms with van der Waals surface area (Å²) in [5, 5.41) is 2.93. The third-order valence-corrected chi connectivity index (χ3v) is 5.05. The fourth-order valence-corrected chi connectivity index (χ4v) is 3.39. The van der Waals surface area contributed by atoms with Crippen molar-refractivity contribution in [3.05, 3.63) is 42.2 Å². The van der Waals surface area contributed by atoms with E-state index in [0.717, 1.165) is 44.2 Å². The molecule has 31 heavy (non-hydrogen) atoms. The van der Waals surface area contributed by atoms with Crippen molar-refractivity contribution in [1.29, 1.82) is 0 Å². The molecule has 2 heterocycles. The van der Waals surface area contributed by atoms with Gasteiger partial charge in [-0.2, -0.15) is 0 Å². The van der Waals surface area contributed by atoms with Crippen molar-refractivity contribution in [3.63, 3.8) is 0 Å². The summed E-state index contributed by atoms with van der Waals surface area (Å²) in [5.41, 5.74) is 0.781. The molecular weight excluding hydrogens is 398 g/mol. The summed E-state index contributed by atoms with van der Waals surface area (Å²) >= 11 is 0. The van der Waals surface area contributed by atoms with Gasteiger partial charge in [-0.15, -0.1) is 0 Å². The monoisotopic (exact) mass is 427 g/mol. The summed E-state index contributed by atoms with van der Waals surface area (Å²) in [6.07, 6.45) is 6.75. The van der Waals surface area contributed by atoms with E-state index in [1.165, 1.54) is 6.08 Å². The minimum atomic E-state index is -0.148. The van der Waals surface area contributed by atoms with Gasteiger partial charge in [-0.05, 0) is 29.8 Å². The zero-order valence-electron chi connectivity index (χ0n) is 18.2. The second-order valence-corrected chi connectivity index (χ2v) is 6.96. The van der Waals surface area contributed by atoms with Gasteiger partial charge in [0, 0.05) is 57.7 Å². The van der Waals surface area contributed by atoms with Crippen molar-refractivity contribution in [2.45, 2.75) is 0 Å². The molecular formula is C22H29N5O4. The SMILES string of the molecule is COc1cc(C=CC(=O)NCCN2CCN(c3ncccn3)CC2)cc(OC)c1OC. The molecule has 1 saturated heterocycles. The third kappa shape index (κ3) is 6.08. The van der Waals surface area contributed by atoms with Crippen LogP contribution in [0.5, 0.6) is 17.2 Å². The number of anilines is 1. The van der Waals surface area contributed by atoms with E-state index in [9.17, 15) is 4.79 Å². The summed E-state index contributed by atoms with van der Waals surface area (Å²) < 4.78 is 16.0. The maximum absolute atomic E-state index is 12.2. The van der Waals surface area contributed by atoms with Crippen LogP contribution in [0.15, 0.2) is 36.7 Å². The molecule has 0 spiro atoms. The number of amides is 1. The Morgan fingerprint density at radius 3 is 2.26 bits per heavy atom. The second-order valence-electron chi connectivity index (χ2n) is 6.96. The van der Waals surface area contributed by atoms with E-state index < -0.39 is 0 Å². The normalized spacial score (nSPS) is 14.5. The van der Waals surface area contributed by atoms with Crippen LogP contribution in [0.4, 0.5) is 5.95 Å². The van der Waals surface area contributed by atoms with Crippen LogP contribution in [0.2, 0.25) is 0 Å². The van der Waals surface area contributed by atoms with E-state index in [2.05, 4.69) is 25.1 Å². The van der Waals surface area contributed by atoms with Crippen LogP contribution < -0.4 is 24.4 Å². The van der Waals surface area contributed by atoms with E-state index in [1.54, 1.807) is 51.9 Å². The van der Waals surface area contributed by atoms with Gasteiger partial charge in [0.05, 0.1) is 21.3 Å². The maximum atomic E-state index is 12.2. The molecule has 9 heteroatoms. The summed E-state index contributed by atoms with van der Waals surface area (Å²) in [5.74, 6) is 2.23. The van der Waals surface area contributed by atoms with Gasteiger partial charge in [0.25, 0.3) is 0 Å². The highest BCUT2D eigenvalue weighted by molar-refractivity contribution is 5.91. The summed E-state index contributed by atoms with van der Waals surface area (Å²) in [6.45, 7) is 4.95. The van der Waals surface area contributed by atoms with E-state index in [4.69, 9.17) is 14.2 Å². The predicted octanol–water partition coefficient (Wildman–Crippen LogP) is 1.45. The number of nitrogens with zero attached hydrogens (tertiary/aromatic N) is 4. The summed E-state index contributed by atoms with van der Waals surface area (Å²) in [7, 11) is 4.67. The van der Waals surface area contributed by atoms with Crippen molar-refractivity contribution in [1.82, 2.24) is 20.2 Å². The molecule has 1 aliphatic rings. The minimum Gasteiger partial charge on any atom is -0.493 e. The van der Waals surface area contributed by atoms with E-state index in [1.807, 2.05) is 6.07 Å². The largest absolute Gasteiger partial charge is 0.493 e. The van der Waals surface area contributed by atoms with Crippen LogP contribution in [-0.4, -0.2) is 81.4 Å². The van der Waals surface area contributed by atoms with Crippen LogP contribution in [0.1, 0.15) is 5.56 Å². The van der Waals surface area contributed by atoms with Gasteiger partial charge in [0.1, 0.15) is 0 Å². The molecule has 0 bridgehead atoms. The number of carbonyl (C=O) groups excluding carboxylic acids is 1. The lowest BCUT2D eigenvalue weighted by molar-refractivity contribution is -0.116. The van der Waals surface area contributed by atoms with Crippen LogP contribution >= 0.6 is 0 Å². The van der Waals surface area contributed by atoms with Crippen molar-refractivity contribution in [2.24, 2.45) is 0 Å². The Hall–Kier alpha value is -3.33. The lowest BCUT2D eigenvalue weighted by atomic mass is 10.1. The van der Waals surface area contributed by atoms with Crippen LogP contribution in [0.25, 0.3) is 6.08 Å². The van der Waals surface area contributed by atoms with E-state index in [0.29, 0.717) is 23.8 Å². The Morgan fingerprint density at radius 1 is 1.03 bits per heavy atom. The highest BCUT2D eigenvalue weighted by Crippen LogP contribution is 2.38. The topological polar surface area (TPSA) is 89.1 Å². The van der Waals surface area contributed by atoms with Crippen molar-refractivity contribution in [2.75, 3.05) is 65.5 Å². The number of rotatable bonds is 9. The first-order valence-electron chi connectivity index (χ1n) is 10.1. The van der Waals surface area contributed by atoms with Gasteiger partial charge in [-0.25, -0.2) is 9.97 Å². The first-order chi connectivity index (χ1) is 15.1. The molecule has 1 aromatic carbocycles. The first kappa shape index (κ1) is 22.4. The number of piperazine rings is 1. The molecule has 0 radical (unpaired) electrons. The number of benzene rings is 1. The molecule has 1 amide bonds. The number of methoxy groups -OCH3 is 3. The first-order valence-corrected chi connectivity index (χ1v) is 10.1. The number of carbonyl (C=O) groups is 1. The molecule has 9 nitrogen and oxygen atoms in total. The molecule has 3 rings (SSSR count). The lowest BCUT2D eigenvalue weighted by Gasteiger charge is -2.34. The van der Waals surface area contributed by atoms with E-state index >= 15 is 0 Å². The Bertz CT molecular complexity index is 858. The standard InChI is InChI=1S/C22H29N5O4/c1-29-18-15-17(16-19(30-2)21(18)31-3)5-6-20(28)23-9-10-26-11-13-27(14-12-26)22-24-7-4-8-25-22/h4-8,15-16H,9-14H2,1-3H3,(H,23,28). The van der Waals surface area contributed by atoms with Gasteiger partial charge in [0.15, 0.2) is 11.5 Å². The maximum Gasteiger partial charge on any atom is 0.244 e. The number of nitrogens with one attached hydrogen (secondary N) is 1. The van der Waals surface area contributed by atoms with E-state index in [-0.39, 0.29) is 5.91 Å². The Balaban J connectivity index is 1.44. The molecule has 1 aliphatic heterocycles. The molecule has 1 aromatic heterocycles. The summed E-state index contributed by atoms with van der Waals surface area (Å²) in [4.78, 5) is 25.3. The van der Waals surface area contributed by atoms with Gasteiger partial charge >= 0.3 is 0 Å². The van der Waals surface area contributed by atoms with Crippen LogP contribution in [-0.2, 0) is 4.79 Å². The molecule has 1 fully saturated rings. The fraction of sp³-hybridized carbons (Fsp3) is 0.409. The van der Waals surface area contributed by atoms with Crippen molar-refractivity contribution >= 4 is 17.9 Å². The van der Waals surface area contributed by atoms with Crippen LogP contribution in [0, 0.1) is 0 Å². The molecule has 1 N–H and O–H groups in total. The fourth-order valence-electron chi connectivity index (χ4n) is 3.39. The second kappa shape index (κ2) is 11.2. The number of hydrogen-bond donors (Lipinski definition) is 1. The molecule has 0 atom stereocenters. The predicted molar refractivity (Wildman–Crippen MR) is 119 cm³/mol.